The van der Waals surface area contributed by atoms with Crippen molar-refractivity contribution in [3.05, 3.63) is 0 Å². The van der Waals surface area contributed by atoms with Crippen LogP contribution < -0.4 is 0 Å². The molecule has 0 aromatic heterocycles. The lowest BCUT2D eigenvalue weighted by molar-refractivity contribution is -0.154. The molecule has 0 radical (unpaired) electrons. The number of hydrogen-bond donors (Lipinski definition) is 1. The van der Waals surface area contributed by atoms with Gasteiger partial charge in [0.2, 0.25) is 0 Å². The molecule has 0 aromatic rings. The predicted molar refractivity (Wildman–Crippen MR) is 56.7 cm³/mol. The zero-order valence-corrected chi connectivity index (χ0v) is 9.89. The van der Waals surface area contributed by atoms with Crippen LogP contribution in [0.15, 0.2) is 0 Å². The molecule has 1 aliphatic heterocycles. The van der Waals surface area contributed by atoms with Gasteiger partial charge in [-0.2, -0.15) is 13.2 Å². The molecule has 0 aromatic carbocycles. The van der Waals surface area contributed by atoms with Crippen molar-refractivity contribution in [2.75, 3.05) is 19.6 Å². The van der Waals surface area contributed by atoms with Crippen molar-refractivity contribution in [3.63, 3.8) is 0 Å². The van der Waals surface area contributed by atoms with Gasteiger partial charge in [0.05, 0.1) is 11.8 Å². The van der Waals surface area contributed by atoms with Gasteiger partial charge in [0, 0.05) is 6.54 Å². The van der Waals surface area contributed by atoms with E-state index in [1.807, 2.05) is 6.92 Å². The summed E-state index contributed by atoms with van der Waals surface area (Å²) < 4.78 is 36.1. The normalized spacial score (nSPS) is 21.4. The zero-order chi connectivity index (χ0) is 13.1. The van der Waals surface area contributed by atoms with Gasteiger partial charge >= 0.3 is 12.1 Å². The Morgan fingerprint density at radius 2 is 1.88 bits per heavy atom. The number of carboxylic acids is 1. The van der Waals surface area contributed by atoms with Crippen molar-refractivity contribution in [2.24, 2.45) is 5.41 Å². The molecule has 6 heteroatoms. The summed E-state index contributed by atoms with van der Waals surface area (Å²) in [5.41, 5.74) is -0.727. The van der Waals surface area contributed by atoms with Crippen molar-refractivity contribution in [3.8, 4) is 0 Å². The van der Waals surface area contributed by atoms with Crippen molar-refractivity contribution in [2.45, 2.75) is 38.8 Å². The minimum atomic E-state index is -4.13. The molecule has 0 bridgehead atoms. The van der Waals surface area contributed by atoms with Crippen LogP contribution in [0.2, 0.25) is 0 Å². The standard InChI is InChI=1S/C11H18F3NO2/c1-2-10(9(16)17)3-6-15(7-4-10)8-5-11(12,13)14/h2-8H2,1H3,(H,16,17). The van der Waals surface area contributed by atoms with Gasteiger partial charge in [-0.15, -0.1) is 0 Å². The minimum absolute atomic E-state index is 0.0249. The Kier molecular flexibility index (Phi) is 4.41. The molecule has 1 aliphatic rings. The van der Waals surface area contributed by atoms with E-state index in [0.29, 0.717) is 32.4 Å². The third-order valence-electron chi connectivity index (χ3n) is 3.66. The van der Waals surface area contributed by atoms with E-state index in [2.05, 4.69) is 0 Å². The fourth-order valence-corrected chi connectivity index (χ4v) is 2.21. The quantitative estimate of drug-likeness (QED) is 0.837. The van der Waals surface area contributed by atoms with E-state index >= 15 is 0 Å². The van der Waals surface area contributed by atoms with Crippen molar-refractivity contribution in [1.29, 1.82) is 0 Å². The first-order valence-electron chi connectivity index (χ1n) is 5.81. The fraction of sp³-hybridized carbons (Fsp3) is 0.909. The molecule has 3 nitrogen and oxygen atoms in total. The molecule has 0 unspecified atom stereocenters. The zero-order valence-electron chi connectivity index (χ0n) is 9.89. The summed E-state index contributed by atoms with van der Waals surface area (Å²) in [6.07, 6.45) is -3.53. The summed E-state index contributed by atoms with van der Waals surface area (Å²) in [6.45, 7) is 2.68. The summed E-state index contributed by atoms with van der Waals surface area (Å²) in [7, 11) is 0. The monoisotopic (exact) mass is 253 g/mol. The number of carbonyl (C=O) groups is 1. The Morgan fingerprint density at radius 1 is 1.35 bits per heavy atom. The van der Waals surface area contributed by atoms with Crippen LogP contribution in [-0.2, 0) is 4.79 Å². The van der Waals surface area contributed by atoms with Gasteiger partial charge in [0.1, 0.15) is 0 Å². The van der Waals surface area contributed by atoms with E-state index in [0.717, 1.165) is 0 Å². The minimum Gasteiger partial charge on any atom is -0.481 e. The number of nitrogens with zero attached hydrogens (tertiary/aromatic N) is 1. The maximum absolute atomic E-state index is 12.0. The van der Waals surface area contributed by atoms with Crippen molar-refractivity contribution in [1.82, 2.24) is 4.90 Å². The SMILES string of the molecule is CCC1(C(=O)O)CCN(CCC(F)(F)F)CC1. The second kappa shape index (κ2) is 5.25. The highest BCUT2D eigenvalue weighted by molar-refractivity contribution is 5.74. The van der Waals surface area contributed by atoms with E-state index in [-0.39, 0.29) is 6.54 Å². The second-order valence-electron chi connectivity index (χ2n) is 4.65. The van der Waals surface area contributed by atoms with Gasteiger partial charge in [0.25, 0.3) is 0 Å². The summed E-state index contributed by atoms with van der Waals surface area (Å²) in [5.74, 6) is -0.824. The van der Waals surface area contributed by atoms with Crippen LogP contribution >= 0.6 is 0 Å². The largest absolute Gasteiger partial charge is 0.481 e. The predicted octanol–water partition coefficient (Wildman–Crippen LogP) is 2.52. The number of hydrogen-bond acceptors (Lipinski definition) is 2. The van der Waals surface area contributed by atoms with Gasteiger partial charge in [-0.05, 0) is 32.4 Å². The molecular formula is C11H18F3NO2. The van der Waals surface area contributed by atoms with E-state index < -0.39 is 24.0 Å². The topological polar surface area (TPSA) is 40.5 Å². The highest BCUT2D eigenvalue weighted by Gasteiger charge is 2.40. The average Bonchev–Trinajstić information content (AvgIpc) is 2.26. The average molecular weight is 253 g/mol. The van der Waals surface area contributed by atoms with Gasteiger partial charge in [0.15, 0.2) is 0 Å². The number of likely N-dealkylation sites (tertiary alicyclic amines) is 1. The van der Waals surface area contributed by atoms with E-state index in [1.54, 1.807) is 4.90 Å². The highest BCUT2D eigenvalue weighted by atomic mass is 19.4. The Balaban J connectivity index is 2.42. The van der Waals surface area contributed by atoms with E-state index in [4.69, 9.17) is 5.11 Å². The molecule has 0 amide bonds. The molecule has 0 atom stereocenters. The number of halogens is 3. The molecule has 0 saturated carbocycles. The first-order valence-corrected chi connectivity index (χ1v) is 5.81. The van der Waals surface area contributed by atoms with Gasteiger partial charge < -0.3 is 10.0 Å². The number of alkyl halides is 3. The Hall–Kier alpha value is -0.780. The Labute approximate surface area is 98.6 Å². The van der Waals surface area contributed by atoms with Gasteiger partial charge in [-0.1, -0.05) is 6.92 Å². The highest BCUT2D eigenvalue weighted by Crippen LogP contribution is 2.35. The number of carboxylic acid groups (broad SMARTS) is 1. The number of piperidine rings is 1. The van der Waals surface area contributed by atoms with Crippen LogP contribution in [-0.4, -0.2) is 41.8 Å². The molecule has 0 spiro atoms. The van der Waals surface area contributed by atoms with Crippen molar-refractivity contribution >= 4 is 5.97 Å². The smallest absolute Gasteiger partial charge is 0.390 e. The summed E-state index contributed by atoms with van der Waals surface area (Å²) in [6, 6.07) is 0. The molecule has 1 rings (SSSR count). The lowest BCUT2D eigenvalue weighted by Gasteiger charge is -2.38. The molecule has 100 valence electrons. The lowest BCUT2D eigenvalue weighted by Crippen LogP contribution is -2.44. The Morgan fingerprint density at radius 3 is 2.24 bits per heavy atom. The molecule has 17 heavy (non-hydrogen) atoms. The molecular weight excluding hydrogens is 235 g/mol. The van der Waals surface area contributed by atoms with E-state index in [1.165, 1.54) is 0 Å². The van der Waals surface area contributed by atoms with Crippen LogP contribution in [0, 0.1) is 5.41 Å². The van der Waals surface area contributed by atoms with Gasteiger partial charge in [-0.25, -0.2) is 0 Å². The molecule has 0 aliphatic carbocycles. The van der Waals surface area contributed by atoms with E-state index in [9.17, 15) is 18.0 Å². The molecule has 1 fully saturated rings. The molecule has 1 saturated heterocycles. The maximum Gasteiger partial charge on any atom is 0.390 e. The third-order valence-corrected chi connectivity index (χ3v) is 3.66. The van der Waals surface area contributed by atoms with Crippen LogP contribution in [0.1, 0.15) is 32.6 Å². The van der Waals surface area contributed by atoms with Crippen LogP contribution in [0.3, 0.4) is 0 Å². The molecule has 1 heterocycles. The summed E-state index contributed by atoms with van der Waals surface area (Å²) in [4.78, 5) is 12.8. The first-order chi connectivity index (χ1) is 7.79. The maximum atomic E-state index is 12.0. The summed E-state index contributed by atoms with van der Waals surface area (Å²) in [5, 5.41) is 9.14. The van der Waals surface area contributed by atoms with Crippen molar-refractivity contribution < 1.29 is 23.1 Å². The van der Waals surface area contributed by atoms with Crippen LogP contribution in [0.25, 0.3) is 0 Å². The lowest BCUT2D eigenvalue weighted by atomic mass is 9.76. The third kappa shape index (κ3) is 3.87. The number of aliphatic carboxylic acids is 1. The Bertz CT molecular complexity index is 270. The first kappa shape index (κ1) is 14.3. The fourth-order valence-electron chi connectivity index (χ4n) is 2.21. The van der Waals surface area contributed by atoms with Gasteiger partial charge in [-0.3, -0.25) is 4.79 Å². The number of rotatable bonds is 4. The van der Waals surface area contributed by atoms with Crippen LogP contribution in [0.4, 0.5) is 13.2 Å². The molecule has 1 N–H and O–H groups in total. The van der Waals surface area contributed by atoms with Crippen LogP contribution in [0.5, 0.6) is 0 Å². The summed E-state index contributed by atoms with van der Waals surface area (Å²) >= 11 is 0. The second-order valence-corrected chi connectivity index (χ2v) is 4.65.